The summed E-state index contributed by atoms with van der Waals surface area (Å²) in [6.45, 7) is 5.62. The van der Waals surface area contributed by atoms with Crippen LogP contribution in [0.1, 0.15) is 50.3 Å². The molecule has 3 aliphatic rings. The summed E-state index contributed by atoms with van der Waals surface area (Å²) < 4.78 is 18.8. The van der Waals surface area contributed by atoms with Crippen LogP contribution in [-0.2, 0) is 16.1 Å². The molecular weight excluding hydrogens is 442 g/mol. The number of nitrogens with zero attached hydrogens (tertiary/aromatic N) is 1. The fourth-order valence-corrected chi connectivity index (χ4v) is 5.86. The lowest BCUT2D eigenvalue weighted by Crippen LogP contribution is -2.58. The van der Waals surface area contributed by atoms with Gasteiger partial charge in [-0.05, 0) is 63.9 Å². The van der Waals surface area contributed by atoms with Gasteiger partial charge in [-0.15, -0.1) is 0 Å². The van der Waals surface area contributed by atoms with Gasteiger partial charge in [-0.1, -0.05) is 29.8 Å². The Morgan fingerprint density at radius 2 is 2.09 bits per heavy atom. The number of ether oxygens (including phenoxy) is 3. The highest BCUT2D eigenvalue weighted by Gasteiger charge is 2.52. The number of carbonyl (C=O) groups is 1. The van der Waals surface area contributed by atoms with Crippen LogP contribution in [0, 0.1) is 5.92 Å². The number of hydrogen-bond donors (Lipinski definition) is 1. The monoisotopic (exact) mass is 471 g/mol. The Labute approximate surface area is 199 Å². The van der Waals surface area contributed by atoms with Crippen molar-refractivity contribution in [2.24, 2.45) is 5.92 Å². The molecule has 0 radical (unpaired) electrons. The lowest BCUT2D eigenvalue weighted by atomic mass is 9.72. The van der Waals surface area contributed by atoms with E-state index in [0.717, 1.165) is 42.7 Å². The highest BCUT2D eigenvalue weighted by Crippen LogP contribution is 2.53. The van der Waals surface area contributed by atoms with Gasteiger partial charge in [0.25, 0.3) is 0 Å². The third-order valence-corrected chi connectivity index (χ3v) is 7.49. The van der Waals surface area contributed by atoms with Gasteiger partial charge >= 0.3 is 5.97 Å². The normalized spacial score (nSPS) is 28.1. The standard InChI is InChI=1S/C26H30ClNO5/c1-26(2)19-13-20-23(32-25(19)18-12-17(27)9-10-22(18)33-26)8-5-11-28(20)14-16-6-3-4-7-21(16)31-15-24(29)30/h3-4,6-7,9-10,12,19-20,23,25H,5,8,11,13-15H2,1-2H3,(H,29,30)/t19-,20-,23-,25+/m0/s1. The smallest absolute Gasteiger partial charge is 0.341 e. The molecule has 0 spiro atoms. The van der Waals surface area contributed by atoms with E-state index in [9.17, 15) is 4.79 Å². The number of fused-ring (bicyclic) bond motifs is 4. The van der Waals surface area contributed by atoms with Crippen LogP contribution in [0.4, 0.5) is 0 Å². The predicted molar refractivity (Wildman–Crippen MR) is 125 cm³/mol. The lowest BCUT2D eigenvalue weighted by Gasteiger charge is -2.54. The van der Waals surface area contributed by atoms with Crippen molar-refractivity contribution in [1.82, 2.24) is 4.90 Å². The van der Waals surface area contributed by atoms with Gasteiger partial charge in [0.1, 0.15) is 17.1 Å². The van der Waals surface area contributed by atoms with E-state index >= 15 is 0 Å². The van der Waals surface area contributed by atoms with Crippen molar-refractivity contribution < 1.29 is 24.1 Å². The molecular formula is C26H30ClNO5. The number of rotatable bonds is 5. The largest absolute Gasteiger partial charge is 0.487 e. The summed E-state index contributed by atoms with van der Waals surface area (Å²) in [7, 11) is 0. The Morgan fingerprint density at radius 1 is 1.27 bits per heavy atom. The first-order valence-corrected chi connectivity index (χ1v) is 12.0. The van der Waals surface area contributed by atoms with Crippen molar-refractivity contribution >= 4 is 17.6 Å². The zero-order chi connectivity index (χ0) is 23.2. The Hall–Kier alpha value is -2.28. The number of halogens is 1. The molecule has 176 valence electrons. The third-order valence-electron chi connectivity index (χ3n) is 7.26. The minimum absolute atomic E-state index is 0.0326. The second kappa shape index (κ2) is 8.82. The van der Waals surface area contributed by atoms with Gasteiger partial charge < -0.3 is 19.3 Å². The Balaban J connectivity index is 1.39. The van der Waals surface area contributed by atoms with Crippen LogP contribution in [0.15, 0.2) is 42.5 Å². The molecule has 7 heteroatoms. The number of hydrogen-bond acceptors (Lipinski definition) is 5. The first kappa shape index (κ1) is 22.5. The zero-order valence-corrected chi connectivity index (χ0v) is 19.8. The number of para-hydroxylation sites is 1. The molecule has 0 aromatic heterocycles. The number of benzene rings is 2. The molecule has 3 aliphatic heterocycles. The van der Waals surface area contributed by atoms with Gasteiger partial charge in [-0.3, -0.25) is 4.90 Å². The van der Waals surface area contributed by atoms with Crippen molar-refractivity contribution in [3.8, 4) is 11.5 Å². The quantitative estimate of drug-likeness (QED) is 0.655. The molecule has 33 heavy (non-hydrogen) atoms. The van der Waals surface area contributed by atoms with Crippen LogP contribution in [0.2, 0.25) is 5.02 Å². The van der Waals surface area contributed by atoms with E-state index in [0.29, 0.717) is 17.3 Å². The molecule has 0 bridgehead atoms. The molecule has 2 aromatic rings. The molecule has 2 aromatic carbocycles. The Kier molecular flexibility index (Phi) is 6.02. The summed E-state index contributed by atoms with van der Waals surface area (Å²) in [5, 5.41) is 9.71. The molecule has 0 unspecified atom stereocenters. The van der Waals surface area contributed by atoms with Gasteiger partial charge in [-0.25, -0.2) is 4.79 Å². The maximum absolute atomic E-state index is 11.0. The first-order valence-electron chi connectivity index (χ1n) is 11.6. The first-order chi connectivity index (χ1) is 15.8. The van der Waals surface area contributed by atoms with Crippen LogP contribution in [0.5, 0.6) is 11.5 Å². The van der Waals surface area contributed by atoms with Crippen molar-refractivity contribution in [3.63, 3.8) is 0 Å². The van der Waals surface area contributed by atoms with Gasteiger partial charge in [0.05, 0.1) is 12.2 Å². The lowest BCUT2D eigenvalue weighted by molar-refractivity contribution is -0.190. The number of likely N-dealkylation sites (tertiary alicyclic amines) is 1. The summed E-state index contributed by atoms with van der Waals surface area (Å²) in [4.78, 5) is 13.5. The van der Waals surface area contributed by atoms with E-state index in [-0.39, 0.29) is 36.4 Å². The van der Waals surface area contributed by atoms with E-state index in [2.05, 4.69) is 18.7 Å². The summed E-state index contributed by atoms with van der Waals surface area (Å²) in [5.74, 6) is 0.709. The molecule has 0 amide bonds. The zero-order valence-electron chi connectivity index (χ0n) is 19.0. The topological polar surface area (TPSA) is 68.2 Å². The van der Waals surface area contributed by atoms with E-state index in [1.165, 1.54) is 0 Å². The molecule has 6 nitrogen and oxygen atoms in total. The second-order valence-corrected chi connectivity index (χ2v) is 10.2. The summed E-state index contributed by atoms with van der Waals surface area (Å²) in [6.07, 6.45) is 3.15. The van der Waals surface area contributed by atoms with Gasteiger partial charge in [0.15, 0.2) is 6.61 Å². The van der Waals surface area contributed by atoms with E-state index < -0.39 is 5.97 Å². The van der Waals surface area contributed by atoms with Crippen molar-refractivity contribution in [3.05, 3.63) is 58.6 Å². The maximum Gasteiger partial charge on any atom is 0.341 e. The fourth-order valence-electron chi connectivity index (χ4n) is 5.68. The average molecular weight is 472 g/mol. The summed E-state index contributed by atoms with van der Waals surface area (Å²) >= 11 is 6.32. The van der Waals surface area contributed by atoms with Crippen LogP contribution >= 0.6 is 11.6 Å². The molecule has 0 aliphatic carbocycles. The number of carboxylic acid groups (broad SMARTS) is 1. The highest BCUT2D eigenvalue weighted by atomic mass is 35.5. The van der Waals surface area contributed by atoms with E-state index in [1.54, 1.807) is 0 Å². The molecule has 2 saturated heterocycles. The maximum atomic E-state index is 11.0. The van der Waals surface area contributed by atoms with Crippen molar-refractivity contribution in [2.45, 2.75) is 63.5 Å². The highest BCUT2D eigenvalue weighted by molar-refractivity contribution is 6.30. The second-order valence-electron chi connectivity index (χ2n) is 9.80. The minimum atomic E-state index is -0.977. The van der Waals surface area contributed by atoms with Gasteiger partial charge in [0, 0.05) is 34.7 Å². The van der Waals surface area contributed by atoms with Crippen LogP contribution in [-0.4, -0.2) is 46.9 Å². The molecule has 5 rings (SSSR count). The Bertz CT molecular complexity index is 1040. The van der Waals surface area contributed by atoms with E-state index in [1.807, 2.05) is 42.5 Å². The molecule has 3 heterocycles. The van der Waals surface area contributed by atoms with Crippen LogP contribution < -0.4 is 9.47 Å². The average Bonchev–Trinajstić information content (AvgIpc) is 2.78. The summed E-state index contributed by atoms with van der Waals surface area (Å²) in [6, 6.07) is 13.8. The fraction of sp³-hybridized carbons (Fsp3) is 0.500. The molecule has 2 fully saturated rings. The Morgan fingerprint density at radius 3 is 2.91 bits per heavy atom. The van der Waals surface area contributed by atoms with Crippen molar-refractivity contribution in [2.75, 3.05) is 13.2 Å². The number of piperidine rings is 1. The molecule has 0 saturated carbocycles. The minimum Gasteiger partial charge on any atom is -0.487 e. The van der Waals surface area contributed by atoms with Crippen LogP contribution in [0.3, 0.4) is 0 Å². The number of carboxylic acids is 1. The number of aliphatic carboxylic acids is 1. The molecule has 1 N–H and O–H groups in total. The van der Waals surface area contributed by atoms with E-state index in [4.69, 9.17) is 30.9 Å². The third kappa shape index (κ3) is 4.44. The molecule has 4 atom stereocenters. The van der Waals surface area contributed by atoms with Gasteiger partial charge in [0.2, 0.25) is 0 Å². The van der Waals surface area contributed by atoms with Gasteiger partial charge in [-0.2, -0.15) is 0 Å². The SMILES string of the molecule is CC1(C)Oc2ccc(Cl)cc2[C@H]2O[C@H]3CCCN(Cc4ccccc4OCC(=O)O)[C@H]3C[C@@H]21. The predicted octanol–water partition coefficient (Wildman–Crippen LogP) is 5.09. The van der Waals surface area contributed by atoms with Crippen molar-refractivity contribution in [1.29, 1.82) is 0 Å². The van der Waals surface area contributed by atoms with Crippen LogP contribution in [0.25, 0.3) is 0 Å². The summed E-state index contributed by atoms with van der Waals surface area (Å²) in [5.41, 5.74) is 1.69.